The van der Waals surface area contributed by atoms with E-state index in [-0.39, 0.29) is 41.0 Å². The zero-order valence-electron chi connectivity index (χ0n) is 12.6. The Kier molecular flexibility index (Phi) is 3.62. The first-order chi connectivity index (χ1) is 10.5. The average Bonchev–Trinajstić information content (AvgIpc) is 3.16. The fraction of sp³-hybridized carbons (Fsp3) is 0.625. The molecule has 0 heterocycles. The number of fused-ring (bicyclic) bond motifs is 4. The number of carbonyl (C=O) groups excluding carboxylic acids is 4. The largest absolute Gasteiger partial charge is 0.466 e. The molecule has 3 rings (SSSR count). The van der Waals surface area contributed by atoms with Gasteiger partial charge in [0, 0.05) is 11.8 Å². The molecular weight excluding hydrogens is 288 g/mol. The molecule has 4 bridgehead atoms. The Morgan fingerprint density at radius 3 is 1.59 bits per heavy atom. The molecule has 6 nitrogen and oxygen atoms in total. The third-order valence-corrected chi connectivity index (χ3v) is 5.19. The van der Waals surface area contributed by atoms with E-state index >= 15 is 0 Å². The molecule has 3 aliphatic carbocycles. The molecule has 2 saturated carbocycles. The first-order valence-corrected chi connectivity index (χ1v) is 7.47. The summed E-state index contributed by atoms with van der Waals surface area (Å²) in [7, 11) is 2.40. The molecule has 0 aromatic carbocycles. The average molecular weight is 306 g/mol. The maximum absolute atomic E-state index is 12.7. The molecule has 22 heavy (non-hydrogen) atoms. The fourth-order valence-corrected chi connectivity index (χ4v) is 4.16. The Balaban J connectivity index is 2.16. The zero-order valence-corrected chi connectivity index (χ0v) is 12.6. The molecule has 0 aromatic rings. The van der Waals surface area contributed by atoms with Crippen LogP contribution >= 0.6 is 0 Å². The number of ether oxygens (including phenoxy) is 2. The second-order valence-electron chi connectivity index (χ2n) is 6.16. The number of rotatable bonds is 2. The maximum atomic E-state index is 12.7. The number of methoxy groups -OCH3 is 2. The molecule has 4 atom stereocenters. The van der Waals surface area contributed by atoms with Crippen molar-refractivity contribution in [2.45, 2.75) is 25.7 Å². The van der Waals surface area contributed by atoms with Gasteiger partial charge in [-0.2, -0.15) is 0 Å². The van der Waals surface area contributed by atoms with Gasteiger partial charge < -0.3 is 9.47 Å². The van der Waals surface area contributed by atoms with Crippen LogP contribution in [0.5, 0.6) is 0 Å². The van der Waals surface area contributed by atoms with E-state index in [1.807, 2.05) is 0 Å². The smallest absolute Gasteiger partial charge is 0.335 e. The Morgan fingerprint density at radius 2 is 1.23 bits per heavy atom. The predicted molar refractivity (Wildman–Crippen MR) is 73.5 cm³/mol. The number of hydrogen-bond donors (Lipinski definition) is 0. The molecular formula is C16H18O6. The van der Waals surface area contributed by atoms with Gasteiger partial charge in [-0.3, -0.25) is 9.59 Å². The number of carbonyl (C=O) groups is 4. The summed E-state index contributed by atoms with van der Waals surface area (Å²) in [6.45, 7) is 0. The first-order valence-electron chi connectivity index (χ1n) is 7.47. The monoisotopic (exact) mass is 306 g/mol. The topological polar surface area (TPSA) is 86.7 Å². The van der Waals surface area contributed by atoms with E-state index in [9.17, 15) is 19.2 Å². The summed E-state index contributed by atoms with van der Waals surface area (Å²) in [5, 5.41) is 0. The van der Waals surface area contributed by atoms with Gasteiger partial charge in [0.1, 0.15) is 11.6 Å². The molecule has 0 aliphatic heterocycles. The van der Waals surface area contributed by atoms with Gasteiger partial charge in [-0.1, -0.05) is 0 Å². The van der Waals surface area contributed by atoms with E-state index in [1.54, 1.807) is 0 Å². The van der Waals surface area contributed by atoms with Crippen LogP contribution in [0.3, 0.4) is 0 Å². The minimum atomic E-state index is -0.723. The van der Waals surface area contributed by atoms with E-state index in [0.717, 1.165) is 0 Å². The Labute approximate surface area is 127 Å². The highest BCUT2D eigenvalue weighted by Gasteiger charge is 2.53. The molecule has 3 aliphatic rings. The second kappa shape index (κ2) is 5.34. The van der Waals surface area contributed by atoms with Crippen molar-refractivity contribution in [3.63, 3.8) is 0 Å². The summed E-state index contributed by atoms with van der Waals surface area (Å²) < 4.78 is 9.49. The quantitative estimate of drug-likeness (QED) is 0.702. The molecule has 4 unspecified atom stereocenters. The normalized spacial score (nSPS) is 33.5. The van der Waals surface area contributed by atoms with Crippen LogP contribution in [0.2, 0.25) is 0 Å². The first kappa shape index (κ1) is 14.9. The van der Waals surface area contributed by atoms with Crippen LogP contribution in [0.25, 0.3) is 0 Å². The zero-order chi connectivity index (χ0) is 16.0. The van der Waals surface area contributed by atoms with Gasteiger partial charge in [-0.15, -0.1) is 0 Å². The Morgan fingerprint density at radius 1 is 0.818 bits per heavy atom. The lowest BCUT2D eigenvalue weighted by atomic mass is 9.80. The molecule has 0 N–H and O–H groups in total. The summed E-state index contributed by atoms with van der Waals surface area (Å²) in [5.74, 6) is -3.36. The lowest BCUT2D eigenvalue weighted by Crippen LogP contribution is -2.30. The SMILES string of the molecule is COC(=O)C1=C(C(=O)OC)C2CC1C(=O)C1CCC(C1)C2=O. The standard InChI is InChI=1S/C16H18O6/c1-21-15(19)11-9-6-10(12(11)16(20)22-2)14(18)8-4-3-7(5-8)13(9)17/h7-10H,3-6H2,1-2H3. The van der Waals surface area contributed by atoms with Gasteiger partial charge in [0.2, 0.25) is 0 Å². The number of Topliss-reactive ketones (excluding diaryl/α,β-unsaturated/α-hetero) is 2. The fourth-order valence-electron chi connectivity index (χ4n) is 4.16. The summed E-state index contributed by atoms with van der Waals surface area (Å²) in [4.78, 5) is 49.6. The van der Waals surface area contributed by atoms with Gasteiger partial charge in [-0.25, -0.2) is 9.59 Å². The molecule has 0 spiro atoms. The maximum Gasteiger partial charge on any atom is 0.335 e. The van der Waals surface area contributed by atoms with Crippen LogP contribution < -0.4 is 0 Å². The van der Waals surface area contributed by atoms with E-state index in [0.29, 0.717) is 19.3 Å². The number of hydrogen-bond acceptors (Lipinski definition) is 6. The molecule has 118 valence electrons. The molecule has 6 heteroatoms. The summed E-state index contributed by atoms with van der Waals surface area (Å²) in [6, 6.07) is 0. The summed E-state index contributed by atoms with van der Waals surface area (Å²) >= 11 is 0. The summed E-state index contributed by atoms with van der Waals surface area (Å²) in [6.07, 6.45) is 2.09. The van der Waals surface area contributed by atoms with Gasteiger partial charge in [0.15, 0.2) is 0 Å². The van der Waals surface area contributed by atoms with Crippen molar-refractivity contribution in [1.82, 2.24) is 0 Å². The van der Waals surface area contributed by atoms with E-state index < -0.39 is 23.8 Å². The highest BCUT2D eigenvalue weighted by Crippen LogP contribution is 2.48. The van der Waals surface area contributed by atoms with Crippen molar-refractivity contribution < 1.29 is 28.7 Å². The number of ketones is 2. The Bertz CT molecular complexity index is 552. The van der Waals surface area contributed by atoms with Crippen molar-refractivity contribution in [2.24, 2.45) is 23.7 Å². The van der Waals surface area contributed by atoms with E-state index in [2.05, 4.69) is 0 Å². The van der Waals surface area contributed by atoms with Crippen molar-refractivity contribution in [3.05, 3.63) is 11.1 Å². The van der Waals surface area contributed by atoms with Crippen molar-refractivity contribution in [2.75, 3.05) is 14.2 Å². The van der Waals surface area contributed by atoms with Crippen LogP contribution in [0.4, 0.5) is 0 Å². The van der Waals surface area contributed by atoms with Crippen LogP contribution in [0, 0.1) is 23.7 Å². The van der Waals surface area contributed by atoms with E-state index in [4.69, 9.17) is 9.47 Å². The minimum absolute atomic E-state index is 0.0326. The lowest BCUT2D eigenvalue weighted by Gasteiger charge is -2.21. The highest BCUT2D eigenvalue weighted by atomic mass is 16.5. The van der Waals surface area contributed by atoms with Crippen LogP contribution in [0.1, 0.15) is 25.7 Å². The third-order valence-electron chi connectivity index (χ3n) is 5.19. The van der Waals surface area contributed by atoms with Crippen molar-refractivity contribution in [3.8, 4) is 0 Å². The highest BCUT2D eigenvalue weighted by molar-refractivity contribution is 6.11. The predicted octanol–water partition coefficient (Wildman–Crippen LogP) is 0.833. The van der Waals surface area contributed by atoms with Crippen LogP contribution in [-0.2, 0) is 28.7 Å². The molecule has 0 radical (unpaired) electrons. The van der Waals surface area contributed by atoms with Crippen molar-refractivity contribution >= 4 is 23.5 Å². The number of esters is 2. The molecule has 0 saturated heterocycles. The van der Waals surface area contributed by atoms with Crippen LogP contribution in [-0.4, -0.2) is 37.7 Å². The van der Waals surface area contributed by atoms with Gasteiger partial charge >= 0.3 is 11.9 Å². The van der Waals surface area contributed by atoms with Crippen LogP contribution in [0.15, 0.2) is 11.1 Å². The van der Waals surface area contributed by atoms with Gasteiger partial charge in [0.25, 0.3) is 0 Å². The minimum Gasteiger partial charge on any atom is -0.466 e. The third kappa shape index (κ3) is 2.01. The lowest BCUT2D eigenvalue weighted by molar-refractivity contribution is -0.140. The summed E-state index contributed by atoms with van der Waals surface area (Å²) in [5.41, 5.74) is 0.0653. The molecule has 0 aromatic heterocycles. The van der Waals surface area contributed by atoms with E-state index in [1.165, 1.54) is 14.2 Å². The van der Waals surface area contributed by atoms with Crippen molar-refractivity contribution in [1.29, 1.82) is 0 Å². The van der Waals surface area contributed by atoms with Gasteiger partial charge in [0.05, 0.1) is 37.2 Å². The molecule has 2 fully saturated rings. The Hall–Kier alpha value is -1.98. The van der Waals surface area contributed by atoms with Gasteiger partial charge in [-0.05, 0) is 25.7 Å². The molecule has 0 amide bonds. The second-order valence-corrected chi connectivity index (χ2v) is 6.16.